The van der Waals surface area contributed by atoms with E-state index in [-0.39, 0.29) is 5.28 Å². The minimum absolute atomic E-state index is 0.257. The Morgan fingerprint density at radius 2 is 1.85 bits per heavy atom. The van der Waals surface area contributed by atoms with Crippen molar-refractivity contribution in [2.45, 2.75) is 0 Å². The first-order valence-electron chi connectivity index (χ1n) is 6.08. The smallest absolute Gasteiger partial charge is 0.225 e. The number of hydrogen-bond donors (Lipinski definition) is 1. The van der Waals surface area contributed by atoms with Crippen molar-refractivity contribution in [3.63, 3.8) is 0 Å². The zero-order chi connectivity index (χ0) is 14.1. The number of benzene rings is 1. The second-order valence-corrected chi connectivity index (χ2v) is 5.78. The molecule has 0 fully saturated rings. The van der Waals surface area contributed by atoms with Crippen molar-refractivity contribution in [3.8, 4) is 0 Å². The van der Waals surface area contributed by atoms with Gasteiger partial charge in [-0.3, -0.25) is 0 Å². The van der Waals surface area contributed by atoms with Crippen LogP contribution in [0, 0.1) is 0 Å². The van der Waals surface area contributed by atoms with Crippen LogP contribution in [0.1, 0.15) is 0 Å². The maximum Gasteiger partial charge on any atom is 0.225 e. The van der Waals surface area contributed by atoms with Crippen LogP contribution in [0.5, 0.6) is 0 Å². The first-order valence-corrected chi connectivity index (χ1v) is 7.34. The molecule has 0 unspecified atom stereocenters. The summed E-state index contributed by atoms with van der Waals surface area (Å²) in [5.74, 6) is 0.735. The van der Waals surface area contributed by atoms with Crippen LogP contribution in [0.3, 0.4) is 0 Å². The number of halogens is 1. The van der Waals surface area contributed by atoms with Gasteiger partial charge in [0.05, 0.1) is 5.39 Å². The third-order valence-corrected chi connectivity index (χ3v) is 3.92. The first-order chi connectivity index (χ1) is 9.63. The first kappa shape index (κ1) is 13.1. The van der Waals surface area contributed by atoms with Gasteiger partial charge in [0.1, 0.15) is 10.6 Å². The fourth-order valence-electron chi connectivity index (χ4n) is 1.90. The monoisotopic (exact) mass is 304 g/mol. The van der Waals surface area contributed by atoms with Crippen LogP contribution in [0.25, 0.3) is 10.2 Å². The predicted molar refractivity (Wildman–Crippen MR) is 86.5 cm³/mol. The molecule has 0 bridgehead atoms. The van der Waals surface area contributed by atoms with Gasteiger partial charge in [0.25, 0.3) is 0 Å². The molecule has 3 rings (SSSR count). The van der Waals surface area contributed by atoms with Gasteiger partial charge in [-0.15, -0.1) is 11.3 Å². The quantitative estimate of drug-likeness (QED) is 0.738. The summed E-state index contributed by atoms with van der Waals surface area (Å²) in [5, 5.41) is 6.51. The van der Waals surface area contributed by atoms with Crippen LogP contribution in [0.4, 0.5) is 17.2 Å². The summed E-state index contributed by atoms with van der Waals surface area (Å²) in [6.45, 7) is 0. The Hall–Kier alpha value is -1.85. The minimum Gasteiger partial charge on any atom is -0.378 e. The third-order valence-electron chi connectivity index (χ3n) is 2.94. The van der Waals surface area contributed by atoms with E-state index in [9.17, 15) is 0 Å². The van der Waals surface area contributed by atoms with E-state index in [1.54, 1.807) is 11.3 Å². The molecule has 0 aliphatic rings. The number of nitrogens with one attached hydrogen (secondary N) is 1. The lowest BCUT2D eigenvalue weighted by Gasteiger charge is -2.13. The van der Waals surface area contributed by atoms with Crippen molar-refractivity contribution >= 4 is 50.3 Å². The molecule has 2 aromatic heterocycles. The van der Waals surface area contributed by atoms with Crippen LogP contribution in [-0.4, -0.2) is 24.1 Å². The summed E-state index contributed by atoms with van der Waals surface area (Å²) in [7, 11) is 4.03. The van der Waals surface area contributed by atoms with Gasteiger partial charge in [-0.05, 0) is 47.3 Å². The van der Waals surface area contributed by atoms with Crippen LogP contribution in [0.15, 0.2) is 35.7 Å². The van der Waals surface area contributed by atoms with Crippen molar-refractivity contribution in [1.29, 1.82) is 0 Å². The Kier molecular flexibility index (Phi) is 3.46. The van der Waals surface area contributed by atoms with Crippen LogP contribution in [-0.2, 0) is 0 Å². The summed E-state index contributed by atoms with van der Waals surface area (Å²) in [6, 6.07) is 10.1. The average Bonchev–Trinajstić information content (AvgIpc) is 2.87. The molecule has 1 aromatic carbocycles. The largest absolute Gasteiger partial charge is 0.378 e. The molecule has 0 spiro atoms. The van der Waals surface area contributed by atoms with Gasteiger partial charge in [-0.25, -0.2) is 4.98 Å². The molecule has 0 saturated carbocycles. The van der Waals surface area contributed by atoms with Gasteiger partial charge < -0.3 is 10.2 Å². The van der Waals surface area contributed by atoms with Crippen molar-refractivity contribution in [2.24, 2.45) is 0 Å². The average molecular weight is 305 g/mol. The molecule has 20 heavy (non-hydrogen) atoms. The zero-order valence-electron chi connectivity index (χ0n) is 11.1. The second-order valence-electron chi connectivity index (χ2n) is 4.55. The van der Waals surface area contributed by atoms with E-state index in [4.69, 9.17) is 11.6 Å². The van der Waals surface area contributed by atoms with E-state index in [0.29, 0.717) is 0 Å². The summed E-state index contributed by atoms with van der Waals surface area (Å²) in [5.41, 5.74) is 2.12. The van der Waals surface area contributed by atoms with Crippen LogP contribution >= 0.6 is 22.9 Å². The Labute approximate surface area is 126 Å². The van der Waals surface area contributed by atoms with E-state index in [2.05, 4.69) is 32.3 Å². The highest BCUT2D eigenvalue weighted by atomic mass is 35.5. The normalized spacial score (nSPS) is 10.8. The fraction of sp³-hybridized carbons (Fsp3) is 0.143. The number of aromatic nitrogens is 2. The molecule has 0 aliphatic heterocycles. The highest BCUT2D eigenvalue weighted by Crippen LogP contribution is 2.29. The van der Waals surface area contributed by atoms with E-state index in [1.807, 2.05) is 37.7 Å². The number of thiophene rings is 1. The number of rotatable bonds is 3. The van der Waals surface area contributed by atoms with E-state index >= 15 is 0 Å². The van der Waals surface area contributed by atoms with Crippen molar-refractivity contribution in [1.82, 2.24) is 9.97 Å². The summed E-state index contributed by atoms with van der Waals surface area (Å²) >= 11 is 7.50. The molecule has 102 valence electrons. The van der Waals surface area contributed by atoms with E-state index < -0.39 is 0 Å². The van der Waals surface area contributed by atoms with Gasteiger partial charge in [-0.1, -0.05) is 0 Å². The summed E-state index contributed by atoms with van der Waals surface area (Å²) in [4.78, 5) is 11.4. The van der Waals surface area contributed by atoms with Crippen LogP contribution in [0.2, 0.25) is 5.28 Å². The lowest BCUT2D eigenvalue weighted by Crippen LogP contribution is -2.08. The van der Waals surface area contributed by atoms with Gasteiger partial charge in [-0.2, -0.15) is 4.98 Å². The standard InChI is InChI=1S/C14H13ClN4S/c1-19(2)10-5-3-9(4-6-10)16-12-11-7-8-20-13(11)18-14(15)17-12/h3-8H,1-2H3,(H,16,17,18). The zero-order valence-corrected chi connectivity index (χ0v) is 12.7. The molecule has 1 N–H and O–H groups in total. The number of anilines is 3. The lowest BCUT2D eigenvalue weighted by atomic mass is 10.2. The summed E-state index contributed by atoms with van der Waals surface area (Å²) in [6.07, 6.45) is 0. The van der Waals surface area contributed by atoms with E-state index in [0.717, 1.165) is 27.4 Å². The molecule has 0 amide bonds. The Bertz CT molecular complexity index is 737. The molecule has 0 saturated heterocycles. The maximum absolute atomic E-state index is 5.95. The van der Waals surface area contributed by atoms with Crippen LogP contribution < -0.4 is 10.2 Å². The predicted octanol–water partition coefficient (Wildman–Crippen LogP) is 4.15. The number of nitrogens with zero attached hydrogens (tertiary/aromatic N) is 3. The molecule has 0 aliphatic carbocycles. The van der Waals surface area contributed by atoms with Gasteiger partial charge >= 0.3 is 0 Å². The minimum atomic E-state index is 0.257. The van der Waals surface area contributed by atoms with E-state index in [1.165, 1.54) is 0 Å². The molecule has 3 aromatic rings. The van der Waals surface area contributed by atoms with Crippen molar-refractivity contribution < 1.29 is 0 Å². The lowest BCUT2D eigenvalue weighted by molar-refractivity contribution is 1.13. The SMILES string of the molecule is CN(C)c1ccc(Nc2nc(Cl)nc3sccc23)cc1. The molecular weight excluding hydrogens is 292 g/mol. The van der Waals surface area contributed by atoms with Crippen molar-refractivity contribution in [2.75, 3.05) is 24.3 Å². The molecule has 0 radical (unpaired) electrons. The Balaban J connectivity index is 1.94. The molecule has 4 nitrogen and oxygen atoms in total. The second kappa shape index (κ2) is 5.26. The topological polar surface area (TPSA) is 41.0 Å². The maximum atomic E-state index is 5.95. The van der Waals surface area contributed by atoms with Gasteiger partial charge in [0, 0.05) is 25.5 Å². The van der Waals surface area contributed by atoms with Gasteiger partial charge in [0.15, 0.2) is 0 Å². The molecule has 0 atom stereocenters. The highest BCUT2D eigenvalue weighted by molar-refractivity contribution is 7.16. The number of fused-ring (bicyclic) bond motifs is 1. The molecular formula is C14H13ClN4S. The fourth-order valence-corrected chi connectivity index (χ4v) is 2.89. The Morgan fingerprint density at radius 1 is 1.10 bits per heavy atom. The highest BCUT2D eigenvalue weighted by Gasteiger charge is 2.08. The number of hydrogen-bond acceptors (Lipinski definition) is 5. The molecule has 2 heterocycles. The third kappa shape index (κ3) is 2.55. The molecule has 6 heteroatoms. The Morgan fingerprint density at radius 3 is 2.55 bits per heavy atom. The summed E-state index contributed by atoms with van der Waals surface area (Å²) < 4.78 is 0. The van der Waals surface area contributed by atoms with Gasteiger partial charge in [0.2, 0.25) is 5.28 Å². The van der Waals surface area contributed by atoms with Crippen molar-refractivity contribution in [3.05, 3.63) is 41.0 Å².